The first kappa shape index (κ1) is 14.4. The number of halogens is 3. The maximum Gasteiger partial charge on any atom is 0.167 e. The second-order valence-electron chi connectivity index (χ2n) is 4.09. The van der Waals surface area contributed by atoms with Crippen molar-refractivity contribution in [1.82, 2.24) is 0 Å². The molecule has 2 aromatic carbocycles. The molecule has 0 atom stereocenters. The highest BCUT2D eigenvalue weighted by atomic mass is 79.9. The van der Waals surface area contributed by atoms with Crippen LogP contribution in [0.25, 0.3) is 0 Å². The predicted molar refractivity (Wildman–Crippen MR) is 83.1 cm³/mol. The molecule has 0 radical (unpaired) electrons. The van der Waals surface area contributed by atoms with Gasteiger partial charge in [-0.15, -0.1) is 0 Å². The molecule has 19 heavy (non-hydrogen) atoms. The third-order valence-electron chi connectivity index (χ3n) is 2.62. The fourth-order valence-electron chi connectivity index (χ4n) is 1.73. The number of hydrogen-bond donors (Lipinski definition) is 1. The lowest BCUT2D eigenvalue weighted by Gasteiger charge is -2.06. The fraction of sp³-hybridized carbons (Fsp3) is 0.0714. The maximum atomic E-state index is 12.2. The predicted octanol–water partition coefficient (Wildman–Crippen LogP) is 4.76. The smallest absolute Gasteiger partial charge is 0.167 e. The summed E-state index contributed by atoms with van der Waals surface area (Å²) in [6.45, 7) is 0. The number of ketones is 1. The van der Waals surface area contributed by atoms with Crippen LogP contribution in [0.2, 0.25) is 10.0 Å². The third kappa shape index (κ3) is 3.50. The van der Waals surface area contributed by atoms with Crippen molar-refractivity contribution in [3.05, 3.63) is 62.0 Å². The Balaban J connectivity index is 2.28. The molecule has 98 valence electrons. The quantitative estimate of drug-likeness (QED) is 0.634. The van der Waals surface area contributed by atoms with E-state index in [1.807, 2.05) is 0 Å². The highest BCUT2D eigenvalue weighted by molar-refractivity contribution is 9.10. The number of anilines is 1. The first-order chi connectivity index (χ1) is 8.97. The molecule has 0 heterocycles. The van der Waals surface area contributed by atoms with Crippen molar-refractivity contribution >= 4 is 50.6 Å². The van der Waals surface area contributed by atoms with Gasteiger partial charge in [0.05, 0.1) is 10.0 Å². The van der Waals surface area contributed by atoms with E-state index in [0.717, 1.165) is 4.47 Å². The zero-order valence-electron chi connectivity index (χ0n) is 9.79. The molecule has 0 bridgehead atoms. The molecule has 0 saturated heterocycles. The van der Waals surface area contributed by atoms with Crippen molar-refractivity contribution in [2.24, 2.45) is 0 Å². The lowest BCUT2D eigenvalue weighted by Crippen LogP contribution is -2.05. The number of nitrogen functional groups attached to an aromatic ring is 1. The maximum absolute atomic E-state index is 12.2. The second kappa shape index (κ2) is 5.95. The molecule has 0 unspecified atom stereocenters. The summed E-state index contributed by atoms with van der Waals surface area (Å²) in [6.07, 6.45) is 0.190. The van der Waals surface area contributed by atoms with Crippen LogP contribution in [-0.4, -0.2) is 5.78 Å². The summed E-state index contributed by atoms with van der Waals surface area (Å²) < 4.78 is 0.771. The Morgan fingerprint density at radius 2 is 1.95 bits per heavy atom. The van der Waals surface area contributed by atoms with Crippen molar-refractivity contribution in [2.75, 3.05) is 5.73 Å². The second-order valence-corrected chi connectivity index (χ2v) is 5.79. The van der Waals surface area contributed by atoms with Crippen molar-refractivity contribution in [1.29, 1.82) is 0 Å². The van der Waals surface area contributed by atoms with Gasteiger partial charge in [-0.1, -0.05) is 51.3 Å². The summed E-state index contributed by atoms with van der Waals surface area (Å²) in [5.41, 5.74) is 7.50. The van der Waals surface area contributed by atoms with Gasteiger partial charge in [-0.2, -0.15) is 0 Å². The van der Waals surface area contributed by atoms with Crippen molar-refractivity contribution < 1.29 is 4.79 Å². The summed E-state index contributed by atoms with van der Waals surface area (Å²) in [4.78, 5) is 12.2. The molecule has 0 aliphatic carbocycles. The number of carbonyl (C=O) groups excluding carboxylic acids is 1. The molecule has 2 nitrogen and oxygen atoms in total. The molecule has 2 aromatic rings. The minimum atomic E-state index is -0.0582. The molecular formula is C14H10BrCl2NO. The summed E-state index contributed by atoms with van der Waals surface area (Å²) >= 11 is 15.3. The van der Waals surface area contributed by atoms with E-state index in [-0.39, 0.29) is 12.2 Å². The average molecular weight is 359 g/mol. The lowest BCUT2D eigenvalue weighted by atomic mass is 10.0. The van der Waals surface area contributed by atoms with E-state index in [0.29, 0.717) is 26.9 Å². The Labute approximate surface area is 129 Å². The Morgan fingerprint density at radius 3 is 2.63 bits per heavy atom. The van der Waals surface area contributed by atoms with Crippen molar-refractivity contribution in [3.8, 4) is 0 Å². The Hall–Kier alpha value is -1.03. The van der Waals surface area contributed by atoms with Gasteiger partial charge in [0.25, 0.3) is 0 Å². The van der Waals surface area contributed by atoms with Gasteiger partial charge in [-0.25, -0.2) is 0 Å². The van der Waals surface area contributed by atoms with Crippen LogP contribution in [0.1, 0.15) is 15.9 Å². The van der Waals surface area contributed by atoms with Gasteiger partial charge < -0.3 is 5.73 Å². The molecule has 5 heteroatoms. The van der Waals surface area contributed by atoms with Crippen molar-refractivity contribution in [2.45, 2.75) is 6.42 Å². The summed E-state index contributed by atoms with van der Waals surface area (Å²) in [5, 5.41) is 0.862. The van der Waals surface area contributed by atoms with E-state index < -0.39 is 0 Å². The lowest BCUT2D eigenvalue weighted by molar-refractivity contribution is 0.0993. The van der Waals surface area contributed by atoms with E-state index >= 15 is 0 Å². The largest absolute Gasteiger partial charge is 0.399 e. The third-order valence-corrected chi connectivity index (χ3v) is 3.94. The SMILES string of the molecule is Nc1cc(Br)cc(C(=O)Cc2cccc(Cl)c2Cl)c1. The summed E-state index contributed by atoms with van der Waals surface area (Å²) in [7, 11) is 0. The zero-order chi connectivity index (χ0) is 14.0. The van der Waals surface area contributed by atoms with Crippen LogP contribution < -0.4 is 5.73 Å². The summed E-state index contributed by atoms with van der Waals surface area (Å²) in [5.74, 6) is -0.0582. The number of hydrogen-bond acceptors (Lipinski definition) is 2. The van der Waals surface area contributed by atoms with Gasteiger partial charge in [0.15, 0.2) is 5.78 Å². The van der Waals surface area contributed by atoms with E-state index in [1.54, 1.807) is 36.4 Å². The first-order valence-electron chi connectivity index (χ1n) is 5.49. The zero-order valence-corrected chi connectivity index (χ0v) is 12.9. The molecular weight excluding hydrogens is 349 g/mol. The van der Waals surface area contributed by atoms with Gasteiger partial charge in [0.1, 0.15) is 0 Å². The molecule has 0 aliphatic rings. The fourth-order valence-corrected chi connectivity index (χ4v) is 2.63. The van der Waals surface area contributed by atoms with Gasteiger partial charge in [-0.3, -0.25) is 4.79 Å². The number of carbonyl (C=O) groups is 1. The van der Waals surface area contributed by atoms with Gasteiger partial charge in [0, 0.05) is 22.1 Å². The monoisotopic (exact) mass is 357 g/mol. The van der Waals surface area contributed by atoms with Gasteiger partial charge in [-0.05, 0) is 29.8 Å². The van der Waals surface area contributed by atoms with E-state index in [4.69, 9.17) is 28.9 Å². The van der Waals surface area contributed by atoms with E-state index in [9.17, 15) is 4.79 Å². The summed E-state index contributed by atoms with van der Waals surface area (Å²) in [6, 6.07) is 10.4. The number of benzene rings is 2. The molecule has 2 rings (SSSR count). The number of Topliss-reactive ketones (excluding diaryl/α,β-unsaturated/α-hetero) is 1. The number of rotatable bonds is 3. The van der Waals surface area contributed by atoms with Crippen LogP contribution in [0.5, 0.6) is 0 Å². The minimum Gasteiger partial charge on any atom is -0.399 e. The molecule has 0 fully saturated rings. The molecule has 0 saturated carbocycles. The number of nitrogens with two attached hydrogens (primary N) is 1. The molecule has 0 amide bonds. The highest BCUT2D eigenvalue weighted by Crippen LogP contribution is 2.27. The standard InChI is InChI=1S/C14H10BrCl2NO/c15-10-4-9(5-11(18)7-10)13(19)6-8-2-1-3-12(16)14(8)17/h1-5,7H,6,18H2. The van der Waals surface area contributed by atoms with E-state index in [2.05, 4.69) is 15.9 Å². The van der Waals surface area contributed by atoms with Crippen LogP contribution in [0.4, 0.5) is 5.69 Å². The van der Waals surface area contributed by atoms with Crippen LogP contribution >= 0.6 is 39.1 Å². The molecule has 0 aromatic heterocycles. The van der Waals surface area contributed by atoms with Crippen LogP contribution in [0, 0.1) is 0 Å². The van der Waals surface area contributed by atoms with Crippen LogP contribution in [0.15, 0.2) is 40.9 Å². The molecule has 0 spiro atoms. The Morgan fingerprint density at radius 1 is 1.21 bits per heavy atom. The van der Waals surface area contributed by atoms with Gasteiger partial charge >= 0.3 is 0 Å². The Bertz CT molecular complexity index is 623. The van der Waals surface area contributed by atoms with Crippen LogP contribution in [0.3, 0.4) is 0 Å². The molecule has 2 N–H and O–H groups in total. The van der Waals surface area contributed by atoms with Crippen molar-refractivity contribution in [3.63, 3.8) is 0 Å². The highest BCUT2D eigenvalue weighted by Gasteiger charge is 2.12. The minimum absolute atomic E-state index is 0.0582. The van der Waals surface area contributed by atoms with Crippen LogP contribution in [-0.2, 0) is 6.42 Å². The first-order valence-corrected chi connectivity index (χ1v) is 7.04. The normalized spacial score (nSPS) is 10.5. The molecule has 0 aliphatic heterocycles. The van der Waals surface area contributed by atoms with E-state index in [1.165, 1.54) is 0 Å². The average Bonchev–Trinajstić information content (AvgIpc) is 2.33. The van der Waals surface area contributed by atoms with Gasteiger partial charge in [0.2, 0.25) is 0 Å². The topological polar surface area (TPSA) is 43.1 Å². The Kier molecular flexibility index (Phi) is 4.50.